The van der Waals surface area contributed by atoms with Gasteiger partial charge in [0.1, 0.15) is 0 Å². The van der Waals surface area contributed by atoms with Gasteiger partial charge >= 0.3 is 5.97 Å². The van der Waals surface area contributed by atoms with Gasteiger partial charge in [-0.2, -0.15) is 0 Å². The van der Waals surface area contributed by atoms with Crippen molar-refractivity contribution in [1.82, 2.24) is 5.32 Å². The number of hydrogen-bond donors (Lipinski definition) is 2. The normalized spacial score (nSPS) is 27.2. The molecule has 1 fully saturated rings. The van der Waals surface area contributed by atoms with Crippen LogP contribution in [0.3, 0.4) is 0 Å². The van der Waals surface area contributed by atoms with E-state index in [1.807, 2.05) is 14.0 Å². The smallest absolute Gasteiger partial charge is 0.303 e. The van der Waals surface area contributed by atoms with E-state index in [1.165, 1.54) is 0 Å². The molecule has 0 amide bonds. The third kappa shape index (κ3) is 3.70. The summed E-state index contributed by atoms with van der Waals surface area (Å²) in [5.41, 5.74) is 0. The third-order valence-electron chi connectivity index (χ3n) is 3.28. The van der Waals surface area contributed by atoms with Crippen LogP contribution in [-0.4, -0.2) is 30.8 Å². The second kappa shape index (κ2) is 5.96. The molecule has 4 heteroatoms. The summed E-state index contributed by atoms with van der Waals surface area (Å²) in [6, 6.07) is 0. The summed E-state index contributed by atoms with van der Waals surface area (Å²) in [4.78, 5) is 10.6. The van der Waals surface area contributed by atoms with Gasteiger partial charge in [-0.15, -0.1) is 12.1 Å². The Morgan fingerprint density at radius 3 is 2.87 bits per heavy atom. The number of carbonyl (C=O) groups is 1. The first kappa shape index (κ1) is 12.3. The highest BCUT2D eigenvalue weighted by atomic mass is 16.4. The zero-order valence-corrected chi connectivity index (χ0v) is 9.57. The molecular formula is C11H20BNO2. The Labute approximate surface area is 92.0 Å². The molecule has 0 radical (unpaired) electrons. The highest BCUT2D eigenvalue weighted by molar-refractivity contribution is 6.66. The van der Waals surface area contributed by atoms with Gasteiger partial charge in [0.2, 0.25) is 0 Å². The predicted octanol–water partition coefficient (Wildman–Crippen LogP) is 1.61. The molecule has 1 saturated heterocycles. The number of allylic oxidation sites excluding steroid dienone is 1. The molecule has 1 rings (SSSR count). The quantitative estimate of drug-likeness (QED) is 0.691. The molecule has 15 heavy (non-hydrogen) atoms. The zero-order chi connectivity index (χ0) is 11.3. The van der Waals surface area contributed by atoms with Crippen LogP contribution < -0.4 is 5.32 Å². The third-order valence-corrected chi connectivity index (χ3v) is 3.28. The maximum Gasteiger partial charge on any atom is 0.303 e. The van der Waals surface area contributed by atoms with Crippen LogP contribution in [-0.2, 0) is 4.79 Å². The second-order valence-electron chi connectivity index (χ2n) is 4.36. The van der Waals surface area contributed by atoms with Gasteiger partial charge in [-0.3, -0.25) is 4.79 Å². The summed E-state index contributed by atoms with van der Waals surface area (Å²) in [5.74, 6) is 2.41. The van der Waals surface area contributed by atoms with Gasteiger partial charge in [0.05, 0.1) is 0 Å². The lowest BCUT2D eigenvalue weighted by molar-refractivity contribution is -0.138. The molecule has 0 bridgehead atoms. The van der Waals surface area contributed by atoms with Crippen LogP contribution in [0.5, 0.6) is 0 Å². The van der Waals surface area contributed by atoms with Crippen LogP contribution in [0, 0.1) is 5.92 Å². The average molecular weight is 209 g/mol. The van der Waals surface area contributed by atoms with E-state index < -0.39 is 5.97 Å². The van der Waals surface area contributed by atoms with Crippen molar-refractivity contribution in [2.45, 2.75) is 38.4 Å². The van der Waals surface area contributed by atoms with Gasteiger partial charge in [-0.05, 0) is 38.7 Å². The molecule has 0 aromatic rings. The highest BCUT2D eigenvalue weighted by Gasteiger charge is 2.31. The van der Waals surface area contributed by atoms with Gasteiger partial charge < -0.3 is 10.4 Å². The first-order valence-electron chi connectivity index (χ1n) is 5.69. The van der Waals surface area contributed by atoms with Crippen LogP contribution >= 0.6 is 0 Å². The average Bonchev–Trinajstić information content (AvgIpc) is 2.18. The van der Waals surface area contributed by atoms with Crippen LogP contribution in [0.2, 0.25) is 6.32 Å². The Balaban J connectivity index is 2.53. The fourth-order valence-corrected chi connectivity index (χ4v) is 2.55. The lowest BCUT2D eigenvalue weighted by Crippen LogP contribution is -2.45. The van der Waals surface area contributed by atoms with Crippen molar-refractivity contribution in [2.24, 2.45) is 5.92 Å². The van der Waals surface area contributed by atoms with Gasteiger partial charge in [-0.25, -0.2) is 0 Å². The van der Waals surface area contributed by atoms with E-state index >= 15 is 0 Å². The monoisotopic (exact) mass is 209 g/mol. The fourth-order valence-electron chi connectivity index (χ4n) is 2.55. The molecule has 2 N–H and O–H groups in total. The minimum absolute atomic E-state index is 0.324. The molecule has 2 unspecified atom stereocenters. The largest absolute Gasteiger partial charge is 0.481 e. The first-order valence-corrected chi connectivity index (χ1v) is 5.69. The van der Waals surface area contributed by atoms with Crippen molar-refractivity contribution in [2.75, 3.05) is 7.05 Å². The molecule has 0 aliphatic carbocycles. The zero-order valence-electron chi connectivity index (χ0n) is 9.57. The SMILES string of the molecule is C/C=C/B1CC(CC(=O)O)CCC1NC. The van der Waals surface area contributed by atoms with Gasteiger partial charge in [0.15, 0.2) is 6.71 Å². The van der Waals surface area contributed by atoms with Crippen molar-refractivity contribution in [3.05, 3.63) is 12.1 Å². The first-order chi connectivity index (χ1) is 7.17. The van der Waals surface area contributed by atoms with Crippen LogP contribution in [0.15, 0.2) is 12.1 Å². The van der Waals surface area contributed by atoms with E-state index in [1.54, 1.807) is 0 Å². The second-order valence-corrected chi connectivity index (χ2v) is 4.36. The maximum absolute atomic E-state index is 10.6. The number of hydrogen-bond acceptors (Lipinski definition) is 2. The summed E-state index contributed by atoms with van der Waals surface area (Å²) in [6.45, 7) is 2.52. The Kier molecular flexibility index (Phi) is 4.89. The van der Waals surface area contributed by atoms with Crippen LogP contribution in [0.4, 0.5) is 0 Å². The van der Waals surface area contributed by atoms with Crippen molar-refractivity contribution in [3.8, 4) is 0 Å². The summed E-state index contributed by atoms with van der Waals surface area (Å²) in [5, 5.41) is 12.1. The van der Waals surface area contributed by atoms with E-state index in [0.29, 0.717) is 25.0 Å². The van der Waals surface area contributed by atoms with E-state index in [-0.39, 0.29) is 0 Å². The summed E-state index contributed by atoms with van der Waals surface area (Å²) in [7, 11) is 1.98. The van der Waals surface area contributed by atoms with Crippen LogP contribution in [0.1, 0.15) is 26.2 Å². The molecular weight excluding hydrogens is 189 g/mol. The predicted molar refractivity (Wildman–Crippen MR) is 63.2 cm³/mol. The van der Waals surface area contributed by atoms with Crippen LogP contribution in [0.25, 0.3) is 0 Å². The molecule has 3 nitrogen and oxygen atoms in total. The van der Waals surface area contributed by atoms with Crippen molar-refractivity contribution in [3.63, 3.8) is 0 Å². The molecule has 1 heterocycles. The van der Waals surface area contributed by atoms with Gasteiger partial charge in [0.25, 0.3) is 0 Å². The van der Waals surface area contributed by atoms with E-state index in [2.05, 4.69) is 17.4 Å². The van der Waals surface area contributed by atoms with Crippen molar-refractivity contribution < 1.29 is 9.90 Å². The number of nitrogens with one attached hydrogen (secondary N) is 1. The number of carboxylic acids is 1. The Bertz CT molecular complexity index is 243. The Morgan fingerprint density at radius 2 is 2.33 bits per heavy atom. The molecule has 1 aliphatic heterocycles. The van der Waals surface area contributed by atoms with Crippen molar-refractivity contribution >= 4 is 12.7 Å². The number of rotatable bonds is 4. The summed E-state index contributed by atoms with van der Waals surface area (Å²) < 4.78 is 0. The lowest BCUT2D eigenvalue weighted by Gasteiger charge is -2.31. The van der Waals surface area contributed by atoms with Gasteiger partial charge in [0, 0.05) is 6.42 Å². The molecule has 1 aliphatic rings. The highest BCUT2D eigenvalue weighted by Crippen LogP contribution is 2.27. The maximum atomic E-state index is 10.6. The topological polar surface area (TPSA) is 49.3 Å². The van der Waals surface area contributed by atoms with Gasteiger partial charge in [-0.1, -0.05) is 6.32 Å². The molecule has 2 atom stereocenters. The summed E-state index contributed by atoms with van der Waals surface area (Å²) >= 11 is 0. The fraction of sp³-hybridized carbons (Fsp3) is 0.727. The molecule has 0 aromatic carbocycles. The standard InChI is InChI=1S/C11H20BNO2/c1-3-6-12-8-9(7-11(14)15)4-5-10(12)13-2/h3,6,9-10,13H,4-5,7-8H2,1-2H3,(H,14,15)/b6-3+. The molecule has 0 saturated carbocycles. The Morgan fingerprint density at radius 1 is 1.60 bits per heavy atom. The molecule has 0 spiro atoms. The van der Waals surface area contributed by atoms with E-state index in [9.17, 15) is 4.79 Å². The minimum atomic E-state index is -0.665. The lowest BCUT2D eigenvalue weighted by atomic mass is 9.36. The summed E-state index contributed by atoms with van der Waals surface area (Å²) in [6.07, 6.45) is 5.51. The number of aliphatic carboxylic acids is 1. The molecule has 84 valence electrons. The minimum Gasteiger partial charge on any atom is -0.481 e. The Hall–Kier alpha value is -0.765. The van der Waals surface area contributed by atoms with E-state index in [4.69, 9.17) is 5.11 Å². The number of carboxylic acid groups (broad SMARTS) is 1. The van der Waals surface area contributed by atoms with E-state index in [0.717, 1.165) is 19.2 Å². The van der Waals surface area contributed by atoms with Crippen molar-refractivity contribution in [1.29, 1.82) is 0 Å². The molecule has 0 aromatic heterocycles.